The molecule has 0 aliphatic rings. The lowest BCUT2D eigenvalue weighted by Crippen LogP contribution is -2.02. The van der Waals surface area contributed by atoms with Gasteiger partial charge in [0, 0.05) is 38.4 Å². The molecule has 0 radical (unpaired) electrons. The van der Waals surface area contributed by atoms with E-state index in [1.54, 1.807) is 59.2 Å². The molecule has 0 N–H and O–H groups in total. The van der Waals surface area contributed by atoms with Gasteiger partial charge >= 0.3 is 0 Å². The maximum absolute atomic E-state index is 9.44. The lowest BCUT2D eigenvalue weighted by atomic mass is 9.87. The molecule has 0 fully saturated rings. The Balaban J connectivity index is 1.12. The Morgan fingerprint density at radius 2 is 0.676 bits per heavy atom. The van der Waals surface area contributed by atoms with Gasteiger partial charge < -0.3 is 9.13 Å². The van der Waals surface area contributed by atoms with Crippen molar-refractivity contribution in [2.24, 2.45) is 0 Å². The van der Waals surface area contributed by atoms with Crippen molar-refractivity contribution in [1.82, 2.24) is 9.13 Å². The smallest absolute Gasteiger partial charge is 0.0629 e. The summed E-state index contributed by atoms with van der Waals surface area (Å²) in [7, 11) is 0. The second-order valence-electron chi connectivity index (χ2n) is 15.8. The van der Waals surface area contributed by atoms with Gasteiger partial charge in [0.2, 0.25) is 0 Å². The second-order valence-corrected chi connectivity index (χ2v) is 15.8. The van der Waals surface area contributed by atoms with E-state index in [1.165, 1.54) is 18.2 Å². The van der Waals surface area contributed by atoms with E-state index in [0.29, 0.717) is 54.9 Å². The van der Waals surface area contributed by atoms with Crippen LogP contribution >= 0.6 is 0 Å². The number of hydrogen-bond acceptors (Lipinski definition) is 0. The van der Waals surface area contributed by atoms with E-state index in [4.69, 9.17) is 28.8 Å². The molecule has 0 spiro atoms. The summed E-state index contributed by atoms with van der Waals surface area (Å²) in [6, 6.07) is 15.7. The van der Waals surface area contributed by atoms with Gasteiger partial charge in [-0.25, -0.2) is 0 Å². The highest BCUT2D eigenvalue weighted by atomic mass is 15.0. The van der Waals surface area contributed by atoms with Crippen LogP contribution in [0.4, 0.5) is 0 Å². The second kappa shape index (κ2) is 16.5. The van der Waals surface area contributed by atoms with E-state index >= 15 is 0 Å². The first-order chi connectivity index (χ1) is 44.1. The molecule has 0 saturated carbocycles. The average molecular weight is 890 g/mol. The predicted octanol–water partition coefficient (Wildman–Crippen LogP) is 17.9. The number of rotatable bonds is 8. The lowest BCUT2D eigenvalue weighted by molar-refractivity contribution is 1.17. The van der Waals surface area contributed by atoms with Crippen LogP contribution in [-0.4, -0.2) is 9.13 Å². The van der Waals surface area contributed by atoms with Crippen LogP contribution in [0.1, 0.15) is 34.3 Å². The molecule has 0 saturated heterocycles. The Labute approximate surface area is 431 Å². The van der Waals surface area contributed by atoms with Gasteiger partial charge in [-0.2, -0.15) is 0 Å². The first-order valence-electron chi connectivity index (χ1n) is 33.9. The standard InChI is InChI=1S/C66H44N2/c1-6-21-45(22-7-1)51-42-57(48-27-12-4-13-28-48)66(58(43-51)49-29-14-5-15-30-49)68-62-36-19-17-32-56(62)60-44-52(38-40-64(60)68)67-61-35-18-16-31-55(61)59-41-50(37-39-63(59)67)65-53(46-23-8-2-9-24-46)33-20-34-54(65)47-25-10-3-11-26-47/h1-44H/i1D,2D,3D,4D,5D,6D,7D,8D,9D,10D,11D,12D,13D,14D,15D,21D,22D,23D,24D,25D,26D,27D,28D,29D,30D. The van der Waals surface area contributed by atoms with Gasteiger partial charge in [0.1, 0.15) is 0 Å². The molecule has 2 aromatic heterocycles. The topological polar surface area (TPSA) is 9.86 Å². The Morgan fingerprint density at radius 3 is 1.21 bits per heavy atom. The summed E-state index contributed by atoms with van der Waals surface area (Å²) in [5.41, 5.74) is 1.18. The van der Waals surface area contributed by atoms with Gasteiger partial charge in [0.25, 0.3) is 0 Å². The average Bonchev–Trinajstić information content (AvgIpc) is 1.59. The molecule has 318 valence electrons. The molecule has 0 unspecified atom stereocenters. The quantitative estimate of drug-likeness (QED) is 0.144. The minimum absolute atomic E-state index is 0.0709. The zero-order chi connectivity index (χ0) is 66.7. The molecule has 2 heterocycles. The summed E-state index contributed by atoms with van der Waals surface area (Å²) in [4.78, 5) is 0. The van der Waals surface area contributed by atoms with Crippen LogP contribution < -0.4 is 0 Å². The SMILES string of the molecule is [2H]c1c([2H])c([2H])c(-c2cc(-c3c([2H])c([2H])c([2H])c([2H])c3[2H])c(-n3c4ccccc4c4cc(-n5c6ccccc6c6cc(-c7c(-c8c([2H])c([2H])c([2H])c([2H])c8[2H])cccc7-c7c([2H])c([2H])c([2H])c([2H])c7[2H])ccc65)ccc43)c(-c3c([2H])c([2H])c([2H])c([2H])c3[2H])c2)c([2H])c1[2H]. The maximum Gasteiger partial charge on any atom is 0.0629 e. The Hall–Kier alpha value is -8.98. The number of aromatic nitrogens is 2. The Bertz CT molecular complexity index is 5210. The summed E-state index contributed by atoms with van der Waals surface area (Å²) < 4.78 is 226. The number of fused-ring (bicyclic) bond motifs is 6. The summed E-state index contributed by atoms with van der Waals surface area (Å²) in [6.07, 6.45) is 0. The van der Waals surface area contributed by atoms with Crippen molar-refractivity contribution < 1.29 is 34.3 Å². The van der Waals surface area contributed by atoms with Crippen molar-refractivity contribution >= 4 is 43.6 Å². The normalized spacial score (nSPS) is 16.7. The van der Waals surface area contributed by atoms with Gasteiger partial charge in [-0.05, 0) is 110 Å². The molecule has 0 aliphatic heterocycles. The number of hydrogen-bond donors (Lipinski definition) is 0. The third kappa shape index (κ3) is 6.57. The van der Waals surface area contributed by atoms with Crippen molar-refractivity contribution in [3.63, 3.8) is 0 Å². The van der Waals surface area contributed by atoms with Crippen molar-refractivity contribution in [3.05, 3.63) is 266 Å². The van der Waals surface area contributed by atoms with Crippen LogP contribution in [0.25, 0.3) is 122 Å². The molecular weight excluding hydrogens is 821 g/mol. The Morgan fingerprint density at radius 1 is 0.265 bits per heavy atom. The van der Waals surface area contributed by atoms with Crippen LogP contribution in [0.15, 0.2) is 266 Å². The highest BCUT2D eigenvalue weighted by Crippen LogP contribution is 2.46. The predicted molar refractivity (Wildman–Crippen MR) is 288 cm³/mol. The summed E-state index contributed by atoms with van der Waals surface area (Å²) in [6.45, 7) is 0. The van der Waals surface area contributed by atoms with Crippen LogP contribution in [0.2, 0.25) is 0 Å². The fraction of sp³-hybridized carbons (Fsp3) is 0. The molecule has 2 heteroatoms. The molecule has 0 amide bonds. The molecular formula is C66H44N2. The van der Waals surface area contributed by atoms with E-state index in [9.17, 15) is 5.48 Å². The molecule has 0 bridgehead atoms. The van der Waals surface area contributed by atoms with Gasteiger partial charge in [-0.15, -0.1) is 0 Å². The minimum atomic E-state index is -0.757. The van der Waals surface area contributed by atoms with Crippen LogP contribution in [0, 0.1) is 0 Å². The number of para-hydroxylation sites is 2. The largest absolute Gasteiger partial charge is 0.309 e. The van der Waals surface area contributed by atoms with Crippen molar-refractivity contribution in [2.45, 2.75) is 0 Å². The van der Waals surface area contributed by atoms with Gasteiger partial charge in [-0.3, -0.25) is 0 Å². The van der Waals surface area contributed by atoms with Crippen LogP contribution in [-0.2, 0) is 0 Å². The summed E-state index contributed by atoms with van der Waals surface area (Å²) >= 11 is 0. The maximum atomic E-state index is 9.44. The zero-order valence-corrected chi connectivity index (χ0v) is 35.4. The van der Waals surface area contributed by atoms with Crippen molar-refractivity contribution in [3.8, 4) is 78.1 Å². The van der Waals surface area contributed by atoms with E-state index in [-0.39, 0.29) is 50.2 Å². The molecule has 13 aromatic rings. The summed E-state index contributed by atoms with van der Waals surface area (Å²) in [5, 5.41) is 2.43. The number of benzene rings is 11. The van der Waals surface area contributed by atoms with E-state index in [2.05, 4.69) is 0 Å². The Kier molecular flexibility index (Phi) is 5.22. The molecule has 2 nitrogen and oxygen atoms in total. The van der Waals surface area contributed by atoms with Crippen LogP contribution in [0.3, 0.4) is 0 Å². The molecule has 0 aliphatic carbocycles. The fourth-order valence-electron chi connectivity index (χ4n) is 9.36. The minimum Gasteiger partial charge on any atom is -0.309 e. The van der Waals surface area contributed by atoms with Crippen molar-refractivity contribution in [2.75, 3.05) is 0 Å². The third-order valence-corrected chi connectivity index (χ3v) is 12.1. The zero-order valence-electron chi connectivity index (χ0n) is 60.4. The number of nitrogens with zero attached hydrogens (tertiary/aromatic N) is 2. The van der Waals surface area contributed by atoms with E-state index < -0.39 is 168 Å². The van der Waals surface area contributed by atoms with Gasteiger partial charge in [-0.1, -0.05) is 212 Å². The van der Waals surface area contributed by atoms with E-state index in [1.807, 2.05) is 47.0 Å². The molecule has 0 atom stereocenters. The first kappa shape index (κ1) is 21.5. The molecule has 11 aromatic carbocycles. The van der Waals surface area contributed by atoms with Crippen LogP contribution in [0.5, 0.6) is 0 Å². The third-order valence-electron chi connectivity index (χ3n) is 12.1. The highest BCUT2D eigenvalue weighted by molar-refractivity contribution is 6.14. The highest BCUT2D eigenvalue weighted by Gasteiger charge is 2.23. The molecule has 68 heavy (non-hydrogen) atoms. The summed E-state index contributed by atoms with van der Waals surface area (Å²) in [5.74, 6) is 0. The van der Waals surface area contributed by atoms with E-state index in [0.717, 1.165) is 0 Å². The first-order valence-corrected chi connectivity index (χ1v) is 21.4. The van der Waals surface area contributed by atoms with Gasteiger partial charge in [0.05, 0.1) is 62.0 Å². The monoisotopic (exact) mass is 890 g/mol. The molecule has 13 rings (SSSR count). The lowest BCUT2D eigenvalue weighted by Gasteiger charge is -2.21. The fourth-order valence-corrected chi connectivity index (χ4v) is 9.36. The van der Waals surface area contributed by atoms with Gasteiger partial charge in [0.15, 0.2) is 0 Å². The van der Waals surface area contributed by atoms with Crippen molar-refractivity contribution in [1.29, 1.82) is 0 Å².